The lowest BCUT2D eigenvalue weighted by atomic mass is 9.89. The van der Waals surface area contributed by atoms with E-state index in [0.717, 1.165) is 35.5 Å². The second-order valence-electron chi connectivity index (χ2n) is 8.34. The van der Waals surface area contributed by atoms with Crippen molar-refractivity contribution >= 4 is 17.8 Å². The number of hydrogen-bond donors (Lipinski definition) is 0. The Bertz CT molecular complexity index is 927. The minimum Gasteiger partial charge on any atom is -0.458 e. The minimum atomic E-state index is -0.464. The van der Waals surface area contributed by atoms with Crippen LogP contribution in [0.25, 0.3) is 6.08 Å². The van der Waals surface area contributed by atoms with Gasteiger partial charge in [-0.15, -0.1) is 0 Å². The largest absolute Gasteiger partial charge is 0.458 e. The molecule has 1 fully saturated rings. The van der Waals surface area contributed by atoms with Gasteiger partial charge >= 0.3 is 5.97 Å². The first-order chi connectivity index (χ1) is 15.4. The zero-order valence-electron chi connectivity index (χ0n) is 19.2. The van der Waals surface area contributed by atoms with Crippen LogP contribution in [-0.4, -0.2) is 55.0 Å². The Hall–Kier alpha value is -2.96. The lowest BCUT2D eigenvalue weighted by Gasteiger charge is -2.41. The molecule has 0 N–H and O–H groups in total. The van der Waals surface area contributed by atoms with Crippen molar-refractivity contribution in [2.45, 2.75) is 32.9 Å². The molecule has 6 nitrogen and oxygen atoms in total. The quantitative estimate of drug-likeness (QED) is 0.335. The van der Waals surface area contributed by atoms with E-state index in [4.69, 9.17) is 14.3 Å². The van der Waals surface area contributed by atoms with Gasteiger partial charge < -0.3 is 14.3 Å². The Morgan fingerprint density at radius 1 is 1.12 bits per heavy atom. The molecule has 0 saturated carbocycles. The molecule has 3 rings (SSSR count). The standard InChI is InChI=1S/C26H32N2O4/c1-5-21-8-10-22(11-9-21)18-31-24(29)19-32-27-25(23-12-6-20(2)7-13-23)26(3,4)28-14-16-30-17-15-28/h5-13H,1,14-19H2,2-4H3/b27-25+. The normalized spacial score (nSPS) is 15.3. The number of aryl methyl sites for hydroxylation is 1. The van der Waals surface area contributed by atoms with Crippen LogP contribution in [0.4, 0.5) is 0 Å². The summed E-state index contributed by atoms with van der Waals surface area (Å²) in [4.78, 5) is 20.0. The Morgan fingerprint density at radius 3 is 2.41 bits per heavy atom. The first kappa shape index (κ1) is 23.7. The van der Waals surface area contributed by atoms with Crippen LogP contribution in [0, 0.1) is 6.92 Å². The third kappa shape index (κ3) is 6.28. The third-order valence-corrected chi connectivity index (χ3v) is 5.66. The minimum absolute atomic E-state index is 0.188. The van der Waals surface area contributed by atoms with E-state index in [1.807, 2.05) is 55.5 Å². The second kappa shape index (κ2) is 11.1. The molecule has 0 spiro atoms. The number of esters is 1. The van der Waals surface area contributed by atoms with Gasteiger partial charge in [-0.3, -0.25) is 4.90 Å². The van der Waals surface area contributed by atoms with Crippen molar-refractivity contribution in [3.05, 3.63) is 77.4 Å². The van der Waals surface area contributed by atoms with Crippen LogP contribution in [0.15, 0.2) is 60.3 Å². The van der Waals surface area contributed by atoms with Gasteiger partial charge in [0.25, 0.3) is 0 Å². The molecule has 0 radical (unpaired) electrons. The lowest BCUT2D eigenvalue weighted by Crippen LogP contribution is -2.54. The van der Waals surface area contributed by atoms with Gasteiger partial charge in [-0.2, -0.15) is 0 Å². The molecule has 0 aliphatic carbocycles. The first-order valence-corrected chi connectivity index (χ1v) is 10.9. The maximum absolute atomic E-state index is 12.2. The number of benzene rings is 2. The summed E-state index contributed by atoms with van der Waals surface area (Å²) in [6.07, 6.45) is 1.77. The number of morpholine rings is 1. The van der Waals surface area contributed by atoms with E-state index < -0.39 is 11.5 Å². The van der Waals surface area contributed by atoms with E-state index in [2.05, 4.69) is 30.5 Å². The Morgan fingerprint density at radius 2 is 1.78 bits per heavy atom. The number of rotatable bonds is 9. The van der Waals surface area contributed by atoms with Crippen molar-refractivity contribution in [2.24, 2.45) is 5.16 Å². The third-order valence-electron chi connectivity index (χ3n) is 5.66. The highest BCUT2D eigenvalue weighted by Gasteiger charge is 2.35. The van der Waals surface area contributed by atoms with Crippen LogP contribution in [0.2, 0.25) is 0 Å². The number of hydrogen-bond acceptors (Lipinski definition) is 6. The molecule has 0 unspecified atom stereocenters. The predicted molar refractivity (Wildman–Crippen MR) is 126 cm³/mol. The van der Waals surface area contributed by atoms with E-state index in [-0.39, 0.29) is 13.2 Å². The number of oxime groups is 1. The van der Waals surface area contributed by atoms with Crippen LogP contribution < -0.4 is 0 Å². The fraction of sp³-hybridized carbons (Fsp3) is 0.385. The van der Waals surface area contributed by atoms with E-state index >= 15 is 0 Å². The van der Waals surface area contributed by atoms with Gasteiger partial charge in [-0.1, -0.05) is 71.9 Å². The molecular formula is C26H32N2O4. The average Bonchev–Trinajstić information content (AvgIpc) is 2.82. The second-order valence-corrected chi connectivity index (χ2v) is 8.34. The maximum Gasteiger partial charge on any atom is 0.347 e. The summed E-state index contributed by atoms with van der Waals surface area (Å²) in [6.45, 7) is 12.9. The summed E-state index contributed by atoms with van der Waals surface area (Å²) in [6, 6.07) is 15.8. The van der Waals surface area contributed by atoms with Gasteiger partial charge in [-0.25, -0.2) is 4.79 Å². The van der Waals surface area contributed by atoms with Gasteiger partial charge in [-0.05, 0) is 31.9 Å². The molecular weight excluding hydrogens is 404 g/mol. The molecule has 0 amide bonds. The highest BCUT2D eigenvalue weighted by molar-refractivity contribution is 6.06. The SMILES string of the molecule is C=Cc1ccc(COC(=O)CO/N=C(\c2ccc(C)cc2)C(C)(C)N2CCOCC2)cc1. The van der Waals surface area contributed by atoms with E-state index in [0.29, 0.717) is 13.2 Å². The van der Waals surface area contributed by atoms with Crippen LogP contribution >= 0.6 is 0 Å². The van der Waals surface area contributed by atoms with Gasteiger partial charge in [0.05, 0.1) is 18.8 Å². The molecule has 1 saturated heterocycles. The Kier molecular flexibility index (Phi) is 8.20. The topological polar surface area (TPSA) is 60.4 Å². The van der Waals surface area contributed by atoms with Crippen LogP contribution in [0.3, 0.4) is 0 Å². The summed E-state index contributed by atoms with van der Waals surface area (Å²) >= 11 is 0. The fourth-order valence-electron chi connectivity index (χ4n) is 3.61. The average molecular weight is 437 g/mol. The maximum atomic E-state index is 12.2. The number of carbonyl (C=O) groups is 1. The lowest BCUT2D eigenvalue weighted by molar-refractivity contribution is -0.150. The number of ether oxygens (including phenoxy) is 2. The monoisotopic (exact) mass is 436 g/mol. The van der Waals surface area contributed by atoms with Crippen molar-refractivity contribution in [1.29, 1.82) is 0 Å². The molecule has 0 atom stereocenters. The molecule has 1 aliphatic heterocycles. The molecule has 1 heterocycles. The van der Waals surface area contributed by atoms with E-state index in [1.165, 1.54) is 5.56 Å². The van der Waals surface area contributed by atoms with Crippen molar-refractivity contribution < 1.29 is 19.1 Å². The number of carbonyl (C=O) groups excluding carboxylic acids is 1. The summed E-state index contributed by atoms with van der Waals surface area (Å²) in [5, 5.41) is 4.41. The summed E-state index contributed by atoms with van der Waals surface area (Å²) in [5.41, 5.74) is 4.43. The molecule has 2 aromatic rings. The van der Waals surface area contributed by atoms with Crippen molar-refractivity contribution in [3.8, 4) is 0 Å². The smallest absolute Gasteiger partial charge is 0.347 e. The van der Waals surface area contributed by atoms with Crippen molar-refractivity contribution in [1.82, 2.24) is 4.90 Å². The van der Waals surface area contributed by atoms with Gasteiger partial charge in [0.2, 0.25) is 6.61 Å². The highest BCUT2D eigenvalue weighted by Crippen LogP contribution is 2.23. The summed E-state index contributed by atoms with van der Waals surface area (Å²) in [5.74, 6) is -0.464. The van der Waals surface area contributed by atoms with Gasteiger partial charge in [0, 0.05) is 18.7 Å². The molecule has 0 bridgehead atoms. The van der Waals surface area contributed by atoms with Crippen LogP contribution in [0.1, 0.15) is 36.1 Å². The predicted octanol–water partition coefficient (Wildman–Crippen LogP) is 4.21. The first-order valence-electron chi connectivity index (χ1n) is 10.9. The molecule has 0 aromatic heterocycles. The molecule has 170 valence electrons. The molecule has 1 aliphatic rings. The fourth-order valence-corrected chi connectivity index (χ4v) is 3.61. The molecule has 6 heteroatoms. The molecule has 2 aromatic carbocycles. The van der Waals surface area contributed by atoms with E-state index in [9.17, 15) is 4.79 Å². The summed E-state index contributed by atoms with van der Waals surface area (Å²) in [7, 11) is 0. The highest BCUT2D eigenvalue weighted by atomic mass is 16.7. The van der Waals surface area contributed by atoms with Gasteiger partial charge in [0.1, 0.15) is 12.3 Å². The van der Waals surface area contributed by atoms with Gasteiger partial charge in [0.15, 0.2) is 0 Å². The van der Waals surface area contributed by atoms with E-state index in [1.54, 1.807) is 6.08 Å². The Labute approximate surface area is 190 Å². The van der Waals surface area contributed by atoms with Crippen molar-refractivity contribution in [2.75, 3.05) is 32.9 Å². The Balaban J connectivity index is 1.66. The zero-order chi connectivity index (χ0) is 23.0. The van der Waals surface area contributed by atoms with Crippen molar-refractivity contribution in [3.63, 3.8) is 0 Å². The van der Waals surface area contributed by atoms with Crippen LogP contribution in [0.5, 0.6) is 0 Å². The molecule has 32 heavy (non-hydrogen) atoms. The van der Waals surface area contributed by atoms with Crippen LogP contribution in [-0.2, 0) is 25.7 Å². The number of nitrogens with zero attached hydrogens (tertiary/aromatic N) is 2. The summed E-state index contributed by atoms with van der Waals surface area (Å²) < 4.78 is 10.8. The zero-order valence-corrected chi connectivity index (χ0v) is 19.2.